The minimum atomic E-state index is -0.409. The molecule has 0 aromatic rings. The fourth-order valence-electron chi connectivity index (χ4n) is 4.33. The van der Waals surface area contributed by atoms with E-state index in [-0.39, 0.29) is 47.4 Å². The highest BCUT2D eigenvalue weighted by atomic mass is 16.5. The number of esters is 1. The normalized spacial score (nSPS) is 20.8. The lowest BCUT2D eigenvalue weighted by Gasteiger charge is -2.55. The first-order chi connectivity index (χ1) is 12.4. The molecule has 0 radical (unpaired) electrons. The van der Waals surface area contributed by atoms with E-state index < -0.39 is 5.41 Å². The number of ether oxygens (including phenoxy) is 2. The van der Waals surface area contributed by atoms with Crippen LogP contribution in [0.5, 0.6) is 0 Å². The van der Waals surface area contributed by atoms with Crippen molar-refractivity contribution < 1.29 is 19.1 Å². The van der Waals surface area contributed by atoms with E-state index in [9.17, 15) is 9.59 Å². The largest absolute Gasteiger partial charge is 0.464 e. The monoisotopic (exact) mass is 397 g/mol. The summed E-state index contributed by atoms with van der Waals surface area (Å²) in [4.78, 5) is 26.4. The van der Waals surface area contributed by atoms with Crippen molar-refractivity contribution in [2.24, 2.45) is 5.41 Å². The van der Waals surface area contributed by atoms with Crippen LogP contribution in [-0.4, -0.2) is 52.6 Å². The van der Waals surface area contributed by atoms with Crippen molar-refractivity contribution in [1.82, 2.24) is 4.90 Å². The van der Waals surface area contributed by atoms with Gasteiger partial charge in [-0.15, -0.1) is 0 Å². The summed E-state index contributed by atoms with van der Waals surface area (Å²) in [5.74, 6) is -0.202. The number of likely N-dealkylation sites (tertiary alicyclic amines) is 1. The zero-order valence-electron chi connectivity index (χ0n) is 19.9. The van der Waals surface area contributed by atoms with Gasteiger partial charge in [0.15, 0.2) is 0 Å². The number of rotatable bonds is 7. The fourth-order valence-corrected chi connectivity index (χ4v) is 4.33. The first kappa shape index (κ1) is 25.1. The number of hydrogen-bond acceptors (Lipinski definition) is 5. The number of ketones is 1. The molecule has 0 aromatic heterocycles. The zero-order valence-corrected chi connectivity index (χ0v) is 19.9. The van der Waals surface area contributed by atoms with Crippen LogP contribution >= 0.6 is 0 Å². The van der Waals surface area contributed by atoms with Crippen LogP contribution in [0.1, 0.15) is 94.9 Å². The summed E-state index contributed by atoms with van der Waals surface area (Å²) in [7, 11) is 0. The Labute approximate surface area is 172 Å². The number of hydrogen-bond donors (Lipinski definition) is 0. The van der Waals surface area contributed by atoms with E-state index in [0.29, 0.717) is 13.2 Å². The van der Waals surface area contributed by atoms with Crippen LogP contribution in [0, 0.1) is 5.41 Å². The minimum absolute atomic E-state index is 0.0493. The van der Waals surface area contributed by atoms with Crippen molar-refractivity contribution in [3.63, 3.8) is 0 Å². The molecule has 5 heteroatoms. The summed E-state index contributed by atoms with van der Waals surface area (Å²) in [5, 5.41) is 0. The molecule has 1 aliphatic rings. The van der Waals surface area contributed by atoms with E-state index in [1.54, 1.807) is 0 Å². The highest BCUT2D eigenvalue weighted by Crippen LogP contribution is 2.40. The Kier molecular flexibility index (Phi) is 7.91. The lowest BCUT2D eigenvalue weighted by Crippen LogP contribution is -2.63. The van der Waals surface area contributed by atoms with Crippen LogP contribution in [0.15, 0.2) is 0 Å². The second-order valence-electron chi connectivity index (χ2n) is 11.4. The third kappa shape index (κ3) is 7.82. The molecular formula is C23H43NO4. The van der Waals surface area contributed by atoms with Gasteiger partial charge in [-0.05, 0) is 61.3 Å². The van der Waals surface area contributed by atoms with Crippen LogP contribution in [0.4, 0.5) is 0 Å². The Morgan fingerprint density at radius 2 is 1.43 bits per heavy atom. The van der Waals surface area contributed by atoms with Crippen molar-refractivity contribution in [3.8, 4) is 0 Å². The molecule has 1 saturated heterocycles. The molecule has 1 rings (SSSR count). The van der Waals surface area contributed by atoms with Crippen LogP contribution in [-0.2, 0) is 19.1 Å². The molecule has 1 aliphatic heterocycles. The SMILES string of the molecule is CC(C)(C)OC1CC(C)(C)N(CCOC(=O)CCC(=O)C(C)(C)C)C(C)(C)C1. The third-order valence-electron chi connectivity index (χ3n) is 5.41. The average molecular weight is 398 g/mol. The van der Waals surface area contributed by atoms with Crippen molar-refractivity contribution in [1.29, 1.82) is 0 Å². The summed E-state index contributed by atoms with van der Waals surface area (Å²) in [6.07, 6.45) is 2.51. The predicted octanol–water partition coefficient (Wildman–Crippen LogP) is 4.76. The van der Waals surface area contributed by atoms with Crippen molar-refractivity contribution in [3.05, 3.63) is 0 Å². The molecule has 5 nitrogen and oxygen atoms in total. The maximum atomic E-state index is 12.0. The number of nitrogens with zero attached hydrogens (tertiary/aromatic N) is 1. The molecule has 164 valence electrons. The lowest BCUT2D eigenvalue weighted by atomic mass is 9.78. The number of piperidine rings is 1. The minimum Gasteiger partial charge on any atom is -0.464 e. The molecule has 0 amide bonds. The van der Waals surface area contributed by atoms with Gasteiger partial charge >= 0.3 is 5.97 Å². The van der Waals surface area contributed by atoms with E-state index >= 15 is 0 Å². The van der Waals surface area contributed by atoms with Crippen molar-refractivity contribution in [2.75, 3.05) is 13.2 Å². The van der Waals surface area contributed by atoms with E-state index in [1.807, 2.05) is 20.8 Å². The number of Topliss-reactive ketones (excluding diaryl/α,β-unsaturated/α-hetero) is 1. The molecule has 1 fully saturated rings. The van der Waals surface area contributed by atoms with Gasteiger partial charge in [-0.1, -0.05) is 20.8 Å². The fraction of sp³-hybridized carbons (Fsp3) is 0.913. The first-order valence-corrected chi connectivity index (χ1v) is 10.6. The first-order valence-electron chi connectivity index (χ1n) is 10.6. The lowest BCUT2D eigenvalue weighted by molar-refractivity contribution is -0.156. The van der Waals surface area contributed by atoms with Gasteiger partial charge in [0.2, 0.25) is 0 Å². The molecule has 0 aromatic carbocycles. The number of carbonyl (C=O) groups excluding carboxylic acids is 2. The van der Waals surface area contributed by atoms with Gasteiger partial charge in [-0.3, -0.25) is 14.5 Å². The topological polar surface area (TPSA) is 55.8 Å². The third-order valence-corrected chi connectivity index (χ3v) is 5.41. The Morgan fingerprint density at radius 1 is 0.929 bits per heavy atom. The van der Waals surface area contributed by atoms with E-state index in [2.05, 4.69) is 53.4 Å². The standard InChI is InChI=1S/C23H43NO4/c1-20(2,3)18(25)11-12-19(26)27-14-13-24-22(7,8)15-17(16-23(24,9)10)28-21(4,5)6/h17H,11-16H2,1-10H3. The summed E-state index contributed by atoms with van der Waals surface area (Å²) in [5.41, 5.74) is -0.661. The summed E-state index contributed by atoms with van der Waals surface area (Å²) >= 11 is 0. The quantitative estimate of drug-likeness (QED) is 0.580. The van der Waals surface area contributed by atoms with E-state index in [4.69, 9.17) is 9.47 Å². The van der Waals surface area contributed by atoms with Crippen molar-refractivity contribution in [2.45, 2.75) is 118 Å². The Morgan fingerprint density at radius 3 is 1.86 bits per heavy atom. The van der Waals surface area contributed by atoms with Gasteiger partial charge in [0.1, 0.15) is 12.4 Å². The van der Waals surface area contributed by atoms with Gasteiger partial charge in [-0.2, -0.15) is 0 Å². The molecule has 1 heterocycles. The average Bonchev–Trinajstić information content (AvgIpc) is 2.43. The molecule has 0 saturated carbocycles. The smallest absolute Gasteiger partial charge is 0.306 e. The molecular weight excluding hydrogens is 354 g/mol. The van der Waals surface area contributed by atoms with Gasteiger partial charge < -0.3 is 9.47 Å². The van der Waals surface area contributed by atoms with Crippen LogP contribution in [0.25, 0.3) is 0 Å². The Balaban J connectivity index is 2.57. The summed E-state index contributed by atoms with van der Waals surface area (Å²) in [6, 6.07) is 0. The molecule has 0 N–H and O–H groups in total. The van der Waals surface area contributed by atoms with Crippen LogP contribution in [0.3, 0.4) is 0 Å². The van der Waals surface area contributed by atoms with E-state index in [0.717, 1.165) is 12.8 Å². The van der Waals surface area contributed by atoms with Gasteiger partial charge in [0.25, 0.3) is 0 Å². The second kappa shape index (κ2) is 8.83. The molecule has 0 aliphatic carbocycles. The molecule has 0 spiro atoms. The predicted molar refractivity (Wildman–Crippen MR) is 113 cm³/mol. The Bertz CT molecular complexity index is 534. The highest BCUT2D eigenvalue weighted by Gasteiger charge is 2.46. The molecule has 0 atom stereocenters. The van der Waals surface area contributed by atoms with Crippen LogP contribution in [0.2, 0.25) is 0 Å². The maximum Gasteiger partial charge on any atom is 0.306 e. The van der Waals surface area contributed by atoms with E-state index in [1.165, 1.54) is 0 Å². The van der Waals surface area contributed by atoms with Crippen molar-refractivity contribution >= 4 is 11.8 Å². The molecule has 0 bridgehead atoms. The van der Waals surface area contributed by atoms with Gasteiger partial charge in [0.05, 0.1) is 18.1 Å². The number of carbonyl (C=O) groups is 2. The second-order valence-corrected chi connectivity index (χ2v) is 11.4. The summed E-state index contributed by atoms with van der Waals surface area (Å²) < 4.78 is 11.7. The highest BCUT2D eigenvalue weighted by molar-refractivity contribution is 5.86. The Hall–Kier alpha value is -0.940. The molecule has 0 unspecified atom stereocenters. The summed E-state index contributed by atoms with van der Waals surface area (Å²) in [6.45, 7) is 21.9. The van der Waals surface area contributed by atoms with Crippen LogP contribution < -0.4 is 0 Å². The maximum absolute atomic E-state index is 12.0. The van der Waals surface area contributed by atoms with Gasteiger partial charge in [-0.25, -0.2) is 0 Å². The zero-order chi connectivity index (χ0) is 22.0. The van der Waals surface area contributed by atoms with Gasteiger partial charge in [0, 0.05) is 29.5 Å². The molecule has 28 heavy (non-hydrogen) atoms.